The molecule has 0 bridgehead atoms. The van der Waals surface area contributed by atoms with E-state index >= 15 is 0 Å². The normalized spacial score (nSPS) is 10.7. The number of nitrogens with two attached hydrogens (primary N) is 1. The molecule has 1 aromatic carbocycles. The second-order valence-corrected chi connectivity index (χ2v) is 3.33. The summed E-state index contributed by atoms with van der Waals surface area (Å²) in [5.74, 6) is -0.416. The number of hydrogen-bond donors (Lipinski definition) is 4. The molecule has 0 radical (unpaired) electrons. The topological polar surface area (TPSA) is 129 Å². The Morgan fingerprint density at radius 2 is 2.17 bits per heavy atom. The number of phenolic OH excluding ortho intramolecular Hbond substituents is 1. The van der Waals surface area contributed by atoms with Crippen LogP contribution in [-0.2, 0) is 0 Å². The fourth-order valence-electron chi connectivity index (χ4n) is 1.16. The number of aromatic hydroxyl groups is 1. The van der Waals surface area contributed by atoms with E-state index in [0.29, 0.717) is 0 Å². The van der Waals surface area contributed by atoms with Gasteiger partial charge in [-0.25, -0.2) is 5.43 Å². The molecule has 1 heterocycles. The molecule has 0 aliphatic heterocycles. The molecular formula is C10H10N6O2. The standard InChI is InChI=1S/C10H10N6O2/c11-10-13-8(14-16-10)9(18)15-12-5-6-1-3-7(17)4-2-6/h1-5,17H,(H,15,18)(H3,11,13,14,16). The fraction of sp³-hybridized carbons (Fsp3) is 0. The molecule has 0 fully saturated rings. The van der Waals surface area contributed by atoms with Gasteiger partial charge in [-0.2, -0.15) is 10.1 Å². The molecule has 92 valence electrons. The van der Waals surface area contributed by atoms with Crippen LogP contribution in [0.3, 0.4) is 0 Å². The smallest absolute Gasteiger partial charge is 0.308 e. The maximum absolute atomic E-state index is 11.4. The van der Waals surface area contributed by atoms with Gasteiger partial charge in [0.25, 0.3) is 0 Å². The first-order valence-corrected chi connectivity index (χ1v) is 4.95. The number of anilines is 1. The lowest BCUT2D eigenvalue weighted by atomic mass is 10.2. The summed E-state index contributed by atoms with van der Waals surface area (Å²) in [4.78, 5) is 15.1. The Hall–Kier alpha value is -2.90. The molecule has 0 atom stereocenters. The van der Waals surface area contributed by atoms with Gasteiger partial charge < -0.3 is 10.8 Å². The summed E-state index contributed by atoms with van der Waals surface area (Å²) >= 11 is 0. The number of benzene rings is 1. The van der Waals surface area contributed by atoms with Gasteiger partial charge in [0.15, 0.2) is 0 Å². The summed E-state index contributed by atoms with van der Waals surface area (Å²) in [6.45, 7) is 0. The average Bonchev–Trinajstić information content (AvgIpc) is 2.78. The third-order valence-electron chi connectivity index (χ3n) is 1.99. The van der Waals surface area contributed by atoms with Crippen LogP contribution in [-0.4, -0.2) is 32.4 Å². The van der Waals surface area contributed by atoms with E-state index in [4.69, 9.17) is 10.8 Å². The number of nitrogens with zero attached hydrogens (tertiary/aromatic N) is 3. The first-order chi connectivity index (χ1) is 8.65. The molecule has 18 heavy (non-hydrogen) atoms. The van der Waals surface area contributed by atoms with E-state index in [0.717, 1.165) is 5.56 Å². The number of H-pyrrole nitrogens is 1. The lowest BCUT2D eigenvalue weighted by Crippen LogP contribution is -2.19. The van der Waals surface area contributed by atoms with Crippen LogP contribution in [0.4, 0.5) is 5.95 Å². The third-order valence-corrected chi connectivity index (χ3v) is 1.99. The Balaban J connectivity index is 1.95. The number of nitrogens with one attached hydrogen (secondary N) is 2. The summed E-state index contributed by atoms with van der Waals surface area (Å²) in [7, 11) is 0. The first-order valence-electron chi connectivity index (χ1n) is 4.95. The Labute approximate surface area is 102 Å². The van der Waals surface area contributed by atoms with Crippen molar-refractivity contribution in [1.82, 2.24) is 20.6 Å². The highest BCUT2D eigenvalue weighted by atomic mass is 16.3. The number of phenols is 1. The molecule has 0 aliphatic rings. The van der Waals surface area contributed by atoms with Gasteiger partial charge >= 0.3 is 5.91 Å². The van der Waals surface area contributed by atoms with Gasteiger partial charge in [-0.15, -0.1) is 5.10 Å². The summed E-state index contributed by atoms with van der Waals surface area (Å²) in [5, 5.41) is 18.7. The van der Waals surface area contributed by atoms with Gasteiger partial charge in [-0.05, 0) is 29.8 Å². The number of aromatic nitrogens is 3. The van der Waals surface area contributed by atoms with Crippen LogP contribution in [0.25, 0.3) is 0 Å². The second-order valence-electron chi connectivity index (χ2n) is 3.33. The second kappa shape index (κ2) is 4.95. The summed E-state index contributed by atoms with van der Waals surface area (Å²) < 4.78 is 0. The number of rotatable bonds is 3. The lowest BCUT2D eigenvalue weighted by molar-refractivity contribution is 0.0945. The average molecular weight is 246 g/mol. The van der Waals surface area contributed by atoms with Crippen molar-refractivity contribution in [2.75, 3.05) is 5.73 Å². The molecule has 1 aromatic heterocycles. The van der Waals surface area contributed by atoms with Crippen molar-refractivity contribution in [1.29, 1.82) is 0 Å². The molecule has 0 saturated carbocycles. The van der Waals surface area contributed by atoms with Crippen LogP contribution in [0.2, 0.25) is 0 Å². The molecule has 8 heteroatoms. The maximum Gasteiger partial charge on any atom is 0.308 e. The van der Waals surface area contributed by atoms with Crippen LogP contribution < -0.4 is 11.2 Å². The van der Waals surface area contributed by atoms with Crippen molar-refractivity contribution in [3.63, 3.8) is 0 Å². The van der Waals surface area contributed by atoms with E-state index in [2.05, 4.69) is 25.7 Å². The molecule has 8 nitrogen and oxygen atoms in total. The van der Waals surface area contributed by atoms with E-state index < -0.39 is 5.91 Å². The molecule has 2 rings (SSSR count). The van der Waals surface area contributed by atoms with Crippen molar-refractivity contribution in [2.45, 2.75) is 0 Å². The quantitative estimate of drug-likeness (QED) is 0.442. The van der Waals surface area contributed by atoms with Gasteiger partial charge in [-0.3, -0.25) is 9.89 Å². The van der Waals surface area contributed by atoms with E-state index in [1.807, 2.05) is 0 Å². The van der Waals surface area contributed by atoms with Gasteiger partial charge in [0.05, 0.1) is 6.21 Å². The number of carbonyl (C=O) groups excluding carboxylic acids is 1. The van der Waals surface area contributed by atoms with Gasteiger partial charge in [-0.1, -0.05) is 0 Å². The highest BCUT2D eigenvalue weighted by molar-refractivity contribution is 5.91. The maximum atomic E-state index is 11.4. The summed E-state index contributed by atoms with van der Waals surface area (Å²) in [5.41, 5.74) is 8.24. The molecular weight excluding hydrogens is 236 g/mol. The summed E-state index contributed by atoms with van der Waals surface area (Å²) in [6.07, 6.45) is 1.43. The van der Waals surface area contributed by atoms with Crippen LogP contribution in [0.15, 0.2) is 29.4 Å². The SMILES string of the molecule is Nc1n[nH]c(C(=O)NN=Cc2ccc(O)cc2)n1. The number of carbonyl (C=O) groups is 1. The van der Waals surface area contributed by atoms with Crippen LogP contribution in [0, 0.1) is 0 Å². The first kappa shape index (κ1) is 11.6. The number of hydrogen-bond acceptors (Lipinski definition) is 6. The Kier molecular flexibility index (Phi) is 3.19. The zero-order valence-electron chi connectivity index (χ0n) is 9.16. The largest absolute Gasteiger partial charge is 0.508 e. The van der Waals surface area contributed by atoms with Crippen molar-refractivity contribution in [3.05, 3.63) is 35.7 Å². The minimum atomic E-state index is -0.547. The zero-order chi connectivity index (χ0) is 13.0. The summed E-state index contributed by atoms with van der Waals surface area (Å²) in [6, 6.07) is 6.33. The fourth-order valence-corrected chi connectivity index (χ4v) is 1.16. The predicted octanol–water partition coefficient (Wildman–Crippen LogP) is -0.144. The Bertz CT molecular complexity index is 574. The minimum absolute atomic E-state index is 0.0114. The minimum Gasteiger partial charge on any atom is -0.508 e. The third kappa shape index (κ3) is 2.82. The number of hydrazone groups is 1. The lowest BCUT2D eigenvalue weighted by Gasteiger charge is -1.95. The molecule has 5 N–H and O–H groups in total. The molecule has 0 aliphatic carbocycles. The van der Waals surface area contributed by atoms with Crippen molar-refractivity contribution >= 4 is 18.1 Å². The van der Waals surface area contributed by atoms with Gasteiger partial charge in [0, 0.05) is 0 Å². The highest BCUT2D eigenvalue weighted by Crippen LogP contribution is 2.07. The molecule has 0 unspecified atom stereocenters. The predicted molar refractivity (Wildman–Crippen MR) is 64.0 cm³/mol. The van der Waals surface area contributed by atoms with E-state index in [1.165, 1.54) is 18.3 Å². The van der Waals surface area contributed by atoms with Gasteiger partial charge in [0.2, 0.25) is 11.8 Å². The van der Waals surface area contributed by atoms with Crippen molar-refractivity contribution < 1.29 is 9.90 Å². The van der Waals surface area contributed by atoms with E-state index in [9.17, 15) is 4.79 Å². The number of aromatic amines is 1. The Morgan fingerprint density at radius 1 is 1.44 bits per heavy atom. The van der Waals surface area contributed by atoms with Crippen molar-refractivity contribution in [3.8, 4) is 5.75 Å². The molecule has 1 amide bonds. The molecule has 2 aromatic rings. The number of nitrogen functional groups attached to an aromatic ring is 1. The highest BCUT2D eigenvalue weighted by Gasteiger charge is 2.08. The van der Waals surface area contributed by atoms with E-state index in [-0.39, 0.29) is 17.5 Å². The molecule has 0 saturated heterocycles. The number of amides is 1. The molecule has 0 spiro atoms. The van der Waals surface area contributed by atoms with E-state index in [1.54, 1.807) is 12.1 Å². The van der Waals surface area contributed by atoms with Crippen LogP contribution >= 0.6 is 0 Å². The van der Waals surface area contributed by atoms with Crippen LogP contribution in [0.1, 0.15) is 16.2 Å². The van der Waals surface area contributed by atoms with Crippen molar-refractivity contribution in [2.24, 2.45) is 5.10 Å². The Morgan fingerprint density at radius 3 is 2.78 bits per heavy atom. The zero-order valence-corrected chi connectivity index (χ0v) is 9.16. The van der Waals surface area contributed by atoms with Crippen LogP contribution in [0.5, 0.6) is 5.75 Å². The monoisotopic (exact) mass is 246 g/mol. The van der Waals surface area contributed by atoms with Gasteiger partial charge in [0.1, 0.15) is 5.75 Å².